The number of hydrogen-bond donors (Lipinski definition) is 0. The molecule has 0 N–H and O–H groups in total. The van der Waals surface area contributed by atoms with Crippen LogP contribution in [0.3, 0.4) is 0 Å². The average Bonchev–Trinajstić information content (AvgIpc) is 2.81. The van der Waals surface area contributed by atoms with Crippen LogP contribution in [0.2, 0.25) is 0 Å². The van der Waals surface area contributed by atoms with Crippen molar-refractivity contribution in [1.82, 2.24) is 0 Å². The van der Waals surface area contributed by atoms with E-state index in [9.17, 15) is 0 Å². The fourth-order valence-electron chi connectivity index (χ4n) is 3.82. The molecule has 0 aromatic heterocycles. The Hall–Kier alpha value is -3.64. The maximum absolute atomic E-state index is 2.23. The number of rotatable bonds is 5. The fourth-order valence-corrected chi connectivity index (χ4v) is 3.82. The Morgan fingerprint density at radius 2 is 0.781 bits per heavy atom. The largest absolute Gasteiger partial charge is 0.0590 e. The number of aryl methyl sites for hydroxylation is 4. The van der Waals surface area contributed by atoms with Gasteiger partial charge in [-0.2, -0.15) is 0 Å². The zero-order chi connectivity index (χ0) is 22.5. The predicted molar refractivity (Wildman–Crippen MR) is 142 cm³/mol. The van der Waals surface area contributed by atoms with E-state index in [1.54, 1.807) is 0 Å². The molecule has 0 spiro atoms. The van der Waals surface area contributed by atoms with Crippen molar-refractivity contribution in [3.05, 3.63) is 129 Å². The molecule has 0 saturated carbocycles. The van der Waals surface area contributed by atoms with Gasteiger partial charge in [-0.05, 0) is 72.2 Å². The Bertz CT molecular complexity index is 1160. The maximum Gasteiger partial charge on any atom is -0.0184 e. The summed E-state index contributed by atoms with van der Waals surface area (Å²) in [6.07, 6.45) is 8.78. The monoisotopic (exact) mass is 414 g/mol. The van der Waals surface area contributed by atoms with Crippen molar-refractivity contribution in [2.45, 2.75) is 27.7 Å². The highest BCUT2D eigenvalue weighted by molar-refractivity contribution is 5.75. The second kappa shape index (κ2) is 9.66. The van der Waals surface area contributed by atoms with Crippen LogP contribution in [0.15, 0.2) is 84.9 Å². The van der Waals surface area contributed by atoms with Crippen LogP contribution in [0.5, 0.6) is 0 Å². The zero-order valence-electron chi connectivity index (χ0n) is 19.4. The number of hydrogen-bond acceptors (Lipinski definition) is 0. The summed E-state index contributed by atoms with van der Waals surface area (Å²) >= 11 is 0. The molecule has 0 radical (unpaired) electrons. The van der Waals surface area contributed by atoms with Crippen molar-refractivity contribution in [2.75, 3.05) is 0 Å². The normalized spacial score (nSPS) is 11.5. The molecule has 4 rings (SSSR count). The lowest BCUT2D eigenvalue weighted by Crippen LogP contribution is -1.83. The molecule has 0 aliphatic heterocycles. The van der Waals surface area contributed by atoms with Gasteiger partial charge in [0.25, 0.3) is 0 Å². The van der Waals surface area contributed by atoms with Gasteiger partial charge >= 0.3 is 0 Å². The lowest BCUT2D eigenvalue weighted by atomic mass is 10.0. The van der Waals surface area contributed by atoms with Gasteiger partial charge in [-0.1, -0.05) is 120 Å². The lowest BCUT2D eigenvalue weighted by Gasteiger charge is -2.05. The quantitative estimate of drug-likeness (QED) is 0.286. The molecule has 0 aliphatic rings. The van der Waals surface area contributed by atoms with E-state index in [0.29, 0.717) is 0 Å². The zero-order valence-corrected chi connectivity index (χ0v) is 19.4. The van der Waals surface area contributed by atoms with Crippen molar-refractivity contribution in [3.8, 4) is 11.1 Å². The summed E-state index contributed by atoms with van der Waals surface area (Å²) in [7, 11) is 0. The highest BCUT2D eigenvalue weighted by Gasteiger charge is 1.99. The smallest absolute Gasteiger partial charge is 0.0184 e. The van der Waals surface area contributed by atoms with Gasteiger partial charge in [0.2, 0.25) is 0 Å². The van der Waals surface area contributed by atoms with E-state index in [1.165, 1.54) is 55.6 Å². The van der Waals surface area contributed by atoms with Crippen molar-refractivity contribution >= 4 is 24.3 Å². The minimum Gasteiger partial charge on any atom is -0.0590 e. The Labute approximate surface area is 192 Å². The molecular formula is C32H30. The van der Waals surface area contributed by atoms with E-state index in [-0.39, 0.29) is 0 Å². The van der Waals surface area contributed by atoms with Gasteiger partial charge in [-0.3, -0.25) is 0 Å². The molecule has 0 heterocycles. The predicted octanol–water partition coefficient (Wildman–Crippen LogP) is 8.93. The SMILES string of the molecule is Cc1ccc(C)c(/C=C/c2ccc(-c3ccc(/C=C/c4cc(C)ccc4C)cc3)cc2)c1. The second-order valence-electron chi connectivity index (χ2n) is 8.63. The van der Waals surface area contributed by atoms with Crippen molar-refractivity contribution < 1.29 is 0 Å². The molecule has 0 aliphatic carbocycles. The first-order valence-corrected chi connectivity index (χ1v) is 11.2. The van der Waals surface area contributed by atoms with E-state index < -0.39 is 0 Å². The van der Waals surface area contributed by atoms with Crippen LogP contribution >= 0.6 is 0 Å². The molecule has 0 unspecified atom stereocenters. The molecule has 0 heteroatoms. The van der Waals surface area contributed by atoms with E-state index in [0.717, 1.165) is 0 Å². The average molecular weight is 415 g/mol. The highest BCUT2D eigenvalue weighted by atomic mass is 14.0. The van der Waals surface area contributed by atoms with Gasteiger partial charge in [0.1, 0.15) is 0 Å². The van der Waals surface area contributed by atoms with Crippen LogP contribution in [0.1, 0.15) is 44.5 Å². The van der Waals surface area contributed by atoms with Crippen LogP contribution in [0.25, 0.3) is 35.4 Å². The molecule has 0 atom stereocenters. The van der Waals surface area contributed by atoms with E-state index >= 15 is 0 Å². The Morgan fingerprint density at radius 1 is 0.406 bits per heavy atom. The molecular weight excluding hydrogens is 384 g/mol. The Kier molecular flexibility index (Phi) is 6.52. The summed E-state index contributed by atoms with van der Waals surface area (Å²) in [5.74, 6) is 0. The maximum atomic E-state index is 2.23. The molecule has 0 fully saturated rings. The minimum absolute atomic E-state index is 1.21. The Morgan fingerprint density at radius 3 is 1.16 bits per heavy atom. The van der Waals surface area contributed by atoms with Gasteiger partial charge in [-0.15, -0.1) is 0 Å². The van der Waals surface area contributed by atoms with Gasteiger partial charge in [0.15, 0.2) is 0 Å². The van der Waals surface area contributed by atoms with Crippen LogP contribution in [0.4, 0.5) is 0 Å². The van der Waals surface area contributed by atoms with Gasteiger partial charge in [0.05, 0.1) is 0 Å². The molecule has 0 nitrogen and oxygen atoms in total. The van der Waals surface area contributed by atoms with E-state index in [4.69, 9.17) is 0 Å². The summed E-state index contributed by atoms with van der Waals surface area (Å²) in [5, 5.41) is 0. The summed E-state index contributed by atoms with van der Waals surface area (Å²) in [6, 6.07) is 30.7. The fraction of sp³-hybridized carbons (Fsp3) is 0.125. The van der Waals surface area contributed by atoms with Crippen molar-refractivity contribution in [1.29, 1.82) is 0 Å². The summed E-state index contributed by atoms with van der Waals surface area (Å²) in [5.41, 5.74) is 12.6. The molecule has 0 bridgehead atoms. The van der Waals surface area contributed by atoms with Crippen LogP contribution in [-0.2, 0) is 0 Å². The number of benzene rings is 4. The standard InChI is InChI=1S/C32H30/c1-23-5-7-25(3)31(21-23)19-13-27-9-15-29(16-10-27)30-17-11-28(12-18-30)14-20-32-22-24(2)6-8-26(32)4/h5-22H,1-4H3/b19-13+,20-14+. The van der Waals surface area contributed by atoms with Crippen molar-refractivity contribution in [3.63, 3.8) is 0 Å². The van der Waals surface area contributed by atoms with Gasteiger partial charge < -0.3 is 0 Å². The summed E-state index contributed by atoms with van der Waals surface area (Å²) < 4.78 is 0. The first kappa shape index (κ1) is 21.6. The van der Waals surface area contributed by atoms with Gasteiger partial charge in [-0.25, -0.2) is 0 Å². The minimum atomic E-state index is 1.21. The first-order chi connectivity index (χ1) is 15.5. The molecule has 0 saturated heterocycles. The first-order valence-electron chi connectivity index (χ1n) is 11.2. The molecule has 4 aromatic rings. The van der Waals surface area contributed by atoms with E-state index in [1.807, 2.05) is 0 Å². The third-order valence-electron chi connectivity index (χ3n) is 5.93. The summed E-state index contributed by atoms with van der Waals surface area (Å²) in [6.45, 7) is 8.58. The topological polar surface area (TPSA) is 0 Å². The molecule has 158 valence electrons. The van der Waals surface area contributed by atoms with Crippen LogP contribution in [-0.4, -0.2) is 0 Å². The molecule has 0 amide bonds. The van der Waals surface area contributed by atoms with E-state index in [2.05, 4.69) is 137 Å². The van der Waals surface area contributed by atoms with Gasteiger partial charge in [0, 0.05) is 0 Å². The van der Waals surface area contributed by atoms with Crippen molar-refractivity contribution in [2.24, 2.45) is 0 Å². The Balaban J connectivity index is 1.46. The van der Waals surface area contributed by atoms with Crippen LogP contribution < -0.4 is 0 Å². The molecule has 32 heavy (non-hydrogen) atoms. The second-order valence-corrected chi connectivity index (χ2v) is 8.63. The lowest BCUT2D eigenvalue weighted by molar-refractivity contribution is 1.38. The summed E-state index contributed by atoms with van der Waals surface area (Å²) in [4.78, 5) is 0. The highest BCUT2D eigenvalue weighted by Crippen LogP contribution is 2.23. The van der Waals surface area contributed by atoms with Crippen LogP contribution in [0, 0.1) is 27.7 Å². The molecule has 4 aromatic carbocycles. The third-order valence-corrected chi connectivity index (χ3v) is 5.93. The third kappa shape index (κ3) is 5.34.